The molecule has 24 heavy (non-hydrogen) atoms. The first kappa shape index (κ1) is 17.9. The lowest BCUT2D eigenvalue weighted by molar-refractivity contribution is -0.132. The molecule has 0 heterocycles. The number of hydrogen-bond acceptors (Lipinski definition) is 3. The lowest BCUT2D eigenvalue weighted by atomic mass is 10.1. The molecule has 4 heteroatoms. The minimum absolute atomic E-state index is 0.0319. The van der Waals surface area contributed by atoms with Crippen molar-refractivity contribution in [2.75, 3.05) is 20.8 Å². The van der Waals surface area contributed by atoms with Crippen LogP contribution in [-0.2, 0) is 11.3 Å². The Kier molecular flexibility index (Phi) is 5.85. The molecule has 4 nitrogen and oxygen atoms in total. The highest BCUT2D eigenvalue weighted by molar-refractivity contribution is 5.77. The summed E-state index contributed by atoms with van der Waals surface area (Å²) in [7, 11) is 3.41. The Bertz CT molecular complexity index is 725. The van der Waals surface area contributed by atoms with Gasteiger partial charge in [-0.3, -0.25) is 4.79 Å². The summed E-state index contributed by atoms with van der Waals surface area (Å²) in [5.74, 6) is 1.50. The zero-order valence-electron chi connectivity index (χ0n) is 15.1. The number of carbonyl (C=O) groups is 1. The van der Waals surface area contributed by atoms with Gasteiger partial charge in [-0.15, -0.1) is 0 Å². The van der Waals surface area contributed by atoms with E-state index in [0.29, 0.717) is 6.54 Å². The van der Waals surface area contributed by atoms with Crippen molar-refractivity contribution < 1.29 is 14.3 Å². The van der Waals surface area contributed by atoms with Crippen LogP contribution < -0.4 is 9.47 Å². The zero-order valence-corrected chi connectivity index (χ0v) is 15.1. The third-order valence-corrected chi connectivity index (χ3v) is 4.09. The van der Waals surface area contributed by atoms with Crippen molar-refractivity contribution in [3.05, 3.63) is 58.7 Å². The predicted octanol–water partition coefficient (Wildman–Crippen LogP) is 3.66. The van der Waals surface area contributed by atoms with Crippen molar-refractivity contribution in [3.63, 3.8) is 0 Å². The minimum Gasteiger partial charge on any atom is -0.497 e. The van der Waals surface area contributed by atoms with Gasteiger partial charge >= 0.3 is 0 Å². The van der Waals surface area contributed by atoms with Crippen LogP contribution in [0.3, 0.4) is 0 Å². The number of aryl methyl sites for hydroxylation is 2. The Labute approximate surface area is 144 Å². The van der Waals surface area contributed by atoms with E-state index in [2.05, 4.69) is 6.07 Å². The number of hydrogen-bond donors (Lipinski definition) is 0. The van der Waals surface area contributed by atoms with E-state index in [1.165, 1.54) is 5.56 Å². The molecule has 0 N–H and O–H groups in total. The highest BCUT2D eigenvalue weighted by atomic mass is 16.5. The van der Waals surface area contributed by atoms with Gasteiger partial charge in [-0.2, -0.15) is 0 Å². The van der Waals surface area contributed by atoms with Crippen molar-refractivity contribution in [1.82, 2.24) is 4.90 Å². The lowest BCUT2D eigenvalue weighted by Gasteiger charge is -2.19. The van der Waals surface area contributed by atoms with Gasteiger partial charge in [0.1, 0.15) is 11.5 Å². The van der Waals surface area contributed by atoms with Crippen LogP contribution in [0.2, 0.25) is 0 Å². The first-order valence-corrected chi connectivity index (χ1v) is 7.98. The summed E-state index contributed by atoms with van der Waals surface area (Å²) >= 11 is 0. The van der Waals surface area contributed by atoms with E-state index >= 15 is 0 Å². The van der Waals surface area contributed by atoms with Crippen LogP contribution in [0.1, 0.15) is 22.3 Å². The first-order chi connectivity index (χ1) is 11.4. The Morgan fingerprint density at radius 2 is 1.88 bits per heavy atom. The molecule has 0 aliphatic carbocycles. The van der Waals surface area contributed by atoms with Crippen molar-refractivity contribution in [2.24, 2.45) is 0 Å². The molecule has 0 fully saturated rings. The summed E-state index contributed by atoms with van der Waals surface area (Å²) in [6.45, 7) is 6.63. The number of benzene rings is 2. The van der Waals surface area contributed by atoms with Crippen molar-refractivity contribution in [1.29, 1.82) is 0 Å². The lowest BCUT2D eigenvalue weighted by Crippen LogP contribution is -2.31. The maximum atomic E-state index is 12.3. The Hall–Kier alpha value is -2.49. The van der Waals surface area contributed by atoms with Gasteiger partial charge in [0.15, 0.2) is 6.61 Å². The molecule has 0 aliphatic rings. The average molecular weight is 327 g/mol. The van der Waals surface area contributed by atoms with Crippen LogP contribution in [0.4, 0.5) is 0 Å². The number of amides is 1. The molecular weight excluding hydrogens is 302 g/mol. The molecule has 2 aromatic rings. The van der Waals surface area contributed by atoms with Gasteiger partial charge in [0.05, 0.1) is 7.11 Å². The second-order valence-electron chi connectivity index (χ2n) is 6.09. The Balaban J connectivity index is 1.97. The van der Waals surface area contributed by atoms with Gasteiger partial charge in [-0.25, -0.2) is 0 Å². The van der Waals surface area contributed by atoms with E-state index in [9.17, 15) is 4.79 Å². The number of carbonyl (C=O) groups excluding carboxylic acids is 1. The van der Waals surface area contributed by atoms with E-state index in [1.807, 2.05) is 51.1 Å². The van der Waals surface area contributed by atoms with E-state index < -0.39 is 0 Å². The minimum atomic E-state index is -0.0589. The van der Waals surface area contributed by atoms with E-state index in [-0.39, 0.29) is 12.5 Å². The van der Waals surface area contributed by atoms with E-state index in [4.69, 9.17) is 9.47 Å². The smallest absolute Gasteiger partial charge is 0.260 e. The third kappa shape index (κ3) is 4.51. The molecule has 2 aromatic carbocycles. The molecule has 128 valence electrons. The summed E-state index contributed by atoms with van der Waals surface area (Å²) in [5, 5.41) is 0. The first-order valence-electron chi connectivity index (χ1n) is 7.98. The van der Waals surface area contributed by atoms with Gasteiger partial charge in [0.25, 0.3) is 5.91 Å². The molecule has 0 unspecified atom stereocenters. The van der Waals surface area contributed by atoms with Gasteiger partial charge in [0, 0.05) is 13.6 Å². The van der Waals surface area contributed by atoms with Gasteiger partial charge in [0.2, 0.25) is 0 Å². The molecular formula is C20H25NO3. The van der Waals surface area contributed by atoms with Gasteiger partial charge in [-0.05, 0) is 61.2 Å². The summed E-state index contributed by atoms with van der Waals surface area (Å²) in [6, 6.07) is 11.8. The van der Waals surface area contributed by atoms with Crippen LogP contribution in [-0.4, -0.2) is 31.6 Å². The van der Waals surface area contributed by atoms with Crippen molar-refractivity contribution in [3.8, 4) is 11.5 Å². The fraction of sp³-hybridized carbons (Fsp3) is 0.350. The number of methoxy groups -OCH3 is 1. The van der Waals surface area contributed by atoms with E-state index in [0.717, 1.165) is 28.2 Å². The Morgan fingerprint density at radius 3 is 2.58 bits per heavy atom. The fourth-order valence-corrected chi connectivity index (χ4v) is 2.53. The monoisotopic (exact) mass is 327 g/mol. The topological polar surface area (TPSA) is 38.8 Å². The normalized spacial score (nSPS) is 10.4. The Morgan fingerprint density at radius 1 is 1.12 bits per heavy atom. The largest absolute Gasteiger partial charge is 0.497 e. The van der Waals surface area contributed by atoms with Crippen LogP contribution >= 0.6 is 0 Å². The molecule has 2 rings (SSSR count). The highest BCUT2D eigenvalue weighted by Gasteiger charge is 2.12. The molecule has 0 saturated heterocycles. The number of likely N-dealkylation sites (N-methyl/N-ethyl adjacent to an activating group) is 1. The van der Waals surface area contributed by atoms with Crippen LogP contribution in [0.25, 0.3) is 0 Å². The predicted molar refractivity (Wildman–Crippen MR) is 95.6 cm³/mol. The van der Waals surface area contributed by atoms with Crippen LogP contribution in [0, 0.1) is 20.8 Å². The SMILES string of the molecule is COc1cccc(CN(C)C(=O)COc2cc(C)cc(C)c2C)c1. The molecule has 0 atom stereocenters. The summed E-state index contributed by atoms with van der Waals surface area (Å²) < 4.78 is 11.0. The van der Waals surface area contributed by atoms with Crippen molar-refractivity contribution in [2.45, 2.75) is 27.3 Å². The van der Waals surface area contributed by atoms with Crippen LogP contribution in [0.5, 0.6) is 11.5 Å². The van der Waals surface area contributed by atoms with E-state index in [1.54, 1.807) is 19.1 Å². The molecule has 0 radical (unpaired) electrons. The molecule has 1 amide bonds. The number of ether oxygens (including phenoxy) is 2. The molecule has 0 aromatic heterocycles. The second kappa shape index (κ2) is 7.86. The highest BCUT2D eigenvalue weighted by Crippen LogP contribution is 2.23. The summed E-state index contributed by atoms with van der Waals surface area (Å²) in [5.41, 5.74) is 4.39. The summed E-state index contributed by atoms with van der Waals surface area (Å²) in [6.07, 6.45) is 0. The molecule has 0 bridgehead atoms. The second-order valence-corrected chi connectivity index (χ2v) is 6.09. The van der Waals surface area contributed by atoms with Gasteiger partial charge in [-0.1, -0.05) is 18.2 Å². The standard InChI is InChI=1S/C20H25NO3/c1-14-9-15(2)16(3)19(10-14)24-13-20(22)21(4)12-17-7-6-8-18(11-17)23-5/h6-11H,12-13H2,1-5H3. The van der Waals surface area contributed by atoms with Crippen molar-refractivity contribution >= 4 is 5.91 Å². The number of nitrogens with zero attached hydrogens (tertiary/aromatic N) is 1. The molecule has 0 saturated carbocycles. The van der Waals surface area contributed by atoms with Gasteiger partial charge < -0.3 is 14.4 Å². The fourth-order valence-electron chi connectivity index (χ4n) is 2.53. The average Bonchev–Trinajstić information content (AvgIpc) is 2.56. The van der Waals surface area contributed by atoms with Crippen LogP contribution in [0.15, 0.2) is 36.4 Å². The quantitative estimate of drug-likeness (QED) is 0.813. The molecule has 0 spiro atoms. The third-order valence-electron chi connectivity index (χ3n) is 4.09. The molecule has 0 aliphatic heterocycles. The zero-order chi connectivity index (χ0) is 17.7. The summed E-state index contributed by atoms with van der Waals surface area (Å²) in [4.78, 5) is 14.0. The number of rotatable bonds is 6. The maximum absolute atomic E-state index is 12.3. The maximum Gasteiger partial charge on any atom is 0.260 e.